The molecule has 0 saturated heterocycles. The molecule has 2 aromatic carbocycles. The summed E-state index contributed by atoms with van der Waals surface area (Å²) in [4.78, 5) is 23.8. The Morgan fingerprint density at radius 2 is 1.23 bits per heavy atom. The first-order chi connectivity index (χ1) is 14.6. The summed E-state index contributed by atoms with van der Waals surface area (Å²) in [6.07, 6.45) is 11.2. The molecule has 2 fully saturated rings. The number of ether oxygens (including phenoxy) is 1. The number of Topliss-reactive ketones (excluding diaryl/α,β-unsaturated/α-hetero) is 1. The lowest BCUT2D eigenvalue weighted by atomic mass is 9.84. The second-order valence-corrected chi connectivity index (χ2v) is 8.32. The first kappa shape index (κ1) is 22.1. The van der Waals surface area contributed by atoms with Gasteiger partial charge in [-0.15, -0.1) is 0 Å². The zero-order chi connectivity index (χ0) is 21.2. The molecule has 0 atom stereocenters. The average Bonchev–Trinajstić information content (AvgIpc) is 2.81. The molecule has 0 unspecified atom stereocenters. The van der Waals surface area contributed by atoms with E-state index in [1.54, 1.807) is 24.3 Å². The molecule has 4 nitrogen and oxygen atoms in total. The third-order valence-corrected chi connectivity index (χ3v) is 6.03. The summed E-state index contributed by atoms with van der Waals surface area (Å²) in [6.45, 7) is 0. The highest BCUT2D eigenvalue weighted by atomic mass is 16.5. The van der Waals surface area contributed by atoms with Gasteiger partial charge < -0.3 is 9.84 Å². The zero-order valence-corrected chi connectivity index (χ0v) is 17.6. The van der Waals surface area contributed by atoms with Gasteiger partial charge in [0.15, 0.2) is 5.78 Å². The van der Waals surface area contributed by atoms with Crippen molar-refractivity contribution in [1.29, 1.82) is 0 Å². The Bertz CT molecular complexity index is 786. The van der Waals surface area contributed by atoms with Gasteiger partial charge in [-0.1, -0.05) is 56.7 Å². The van der Waals surface area contributed by atoms with Crippen LogP contribution in [0, 0.1) is 11.8 Å². The highest BCUT2D eigenvalue weighted by Gasteiger charge is 2.23. The quantitative estimate of drug-likeness (QED) is 0.365. The number of esters is 1. The van der Waals surface area contributed by atoms with Crippen molar-refractivity contribution in [3.8, 4) is 11.5 Å². The molecule has 160 valence electrons. The molecule has 2 aliphatic carbocycles. The molecule has 0 bridgehead atoms. The molecular weight excluding hydrogens is 376 g/mol. The molecule has 2 saturated carbocycles. The summed E-state index contributed by atoms with van der Waals surface area (Å²) in [5, 5.41) is 9.14. The van der Waals surface area contributed by atoms with E-state index in [1.807, 2.05) is 30.3 Å². The average molecular weight is 409 g/mol. The minimum Gasteiger partial charge on any atom is -0.508 e. The van der Waals surface area contributed by atoms with E-state index in [0.717, 1.165) is 44.1 Å². The molecule has 0 aliphatic heterocycles. The summed E-state index contributed by atoms with van der Waals surface area (Å²) in [6, 6.07) is 15.9. The van der Waals surface area contributed by atoms with Crippen LogP contribution in [-0.2, 0) is 4.79 Å². The molecule has 0 spiro atoms. The van der Waals surface area contributed by atoms with Crippen molar-refractivity contribution in [2.24, 2.45) is 11.8 Å². The van der Waals surface area contributed by atoms with Gasteiger partial charge >= 0.3 is 5.97 Å². The van der Waals surface area contributed by atoms with Gasteiger partial charge in [-0.25, -0.2) is 0 Å². The fourth-order valence-electron chi connectivity index (χ4n) is 4.25. The number of carbonyl (C=O) groups excluding carboxylic acids is 2. The Kier molecular flexibility index (Phi) is 8.49. The molecule has 1 N–H and O–H groups in total. The number of benzene rings is 2. The molecular formula is C26H32O4. The van der Waals surface area contributed by atoms with Crippen LogP contribution in [0.4, 0.5) is 0 Å². The van der Waals surface area contributed by atoms with Crippen molar-refractivity contribution in [2.75, 3.05) is 0 Å². The van der Waals surface area contributed by atoms with Crippen LogP contribution in [0.2, 0.25) is 0 Å². The Balaban J connectivity index is 0.000000171. The molecule has 0 aromatic heterocycles. The predicted molar refractivity (Wildman–Crippen MR) is 118 cm³/mol. The van der Waals surface area contributed by atoms with Crippen molar-refractivity contribution in [3.05, 3.63) is 60.2 Å². The van der Waals surface area contributed by atoms with Crippen LogP contribution < -0.4 is 4.74 Å². The number of hydrogen-bond acceptors (Lipinski definition) is 4. The number of para-hydroxylation sites is 1. The SMILES string of the molecule is O=C(Oc1ccccc1)C1CCCCC1.O=C(c1ccc(O)cc1)C1CCCCC1. The Hall–Kier alpha value is -2.62. The molecule has 0 amide bonds. The van der Waals surface area contributed by atoms with Crippen molar-refractivity contribution in [2.45, 2.75) is 64.2 Å². The number of ketones is 1. The Labute approximate surface area is 179 Å². The van der Waals surface area contributed by atoms with Crippen molar-refractivity contribution in [3.63, 3.8) is 0 Å². The number of phenolic OH excluding ortho intramolecular Hbond substituents is 1. The van der Waals surface area contributed by atoms with Crippen molar-refractivity contribution in [1.82, 2.24) is 0 Å². The third kappa shape index (κ3) is 6.72. The maximum absolute atomic E-state index is 12.0. The van der Waals surface area contributed by atoms with Gasteiger partial charge in [-0.05, 0) is 62.1 Å². The van der Waals surface area contributed by atoms with E-state index in [1.165, 1.54) is 25.7 Å². The fraction of sp³-hybridized carbons (Fsp3) is 0.462. The lowest BCUT2D eigenvalue weighted by Crippen LogP contribution is -2.22. The second kappa shape index (κ2) is 11.5. The molecule has 2 aliphatic rings. The fourth-order valence-corrected chi connectivity index (χ4v) is 4.25. The van der Waals surface area contributed by atoms with Crippen LogP contribution in [0.25, 0.3) is 0 Å². The summed E-state index contributed by atoms with van der Waals surface area (Å²) >= 11 is 0. The number of aromatic hydroxyl groups is 1. The van der Waals surface area contributed by atoms with Crippen LogP contribution >= 0.6 is 0 Å². The van der Waals surface area contributed by atoms with E-state index in [2.05, 4.69) is 0 Å². The van der Waals surface area contributed by atoms with Crippen molar-refractivity contribution < 1.29 is 19.4 Å². The summed E-state index contributed by atoms with van der Waals surface area (Å²) < 4.78 is 5.31. The second-order valence-electron chi connectivity index (χ2n) is 8.32. The number of phenols is 1. The number of rotatable bonds is 4. The Morgan fingerprint density at radius 3 is 1.80 bits per heavy atom. The van der Waals surface area contributed by atoms with Crippen LogP contribution in [0.15, 0.2) is 54.6 Å². The normalized spacial score (nSPS) is 17.5. The van der Waals surface area contributed by atoms with Gasteiger partial charge in [0.25, 0.3) is 0 Å². The van der Waals surface area contributed by atoms with E-state index in [0.29, 0.717) is 5.75 Å². The van der Waals surface area contributed by atoms with E-state index in [4.69, 9.17) is 9.84 Å². The van der Waals surface area contributed by atoms with Crippen LogP contribution in [0.5, 0.6) is 11.5 Å². The molecule has 0 heterocycles. The zero-order valence-electron chi connectivity index (χ0n) is 17.6. The molecule has 30 heavy (non-hydrogen) atoms. The monoisotopic (exact) mass is 408 g/mol. The number of carbonyl (C=O) groups is 2. The largest absolute Gasteiger partial charge is 0.508 e. The third-order valence-electron chi connectivity index (χ3n) is 6.03. The van der Waals surface area contributed by atoms with E-state index >= 15 is 0 Å². The van der Waals surface area contributed by atoms with E-state index in [9.17, 15) is 9.59 Å². The topological polar surface area (TPSA) is 63.6 Å². The van der Waals surface area contributed by atoms with Crippen molar-refractivity contribution >= 4 is 11.8 Å². The van der Waals surface area contributed by atoms with Crippen LogP contribution in [-0.4, -0.2) is 16.9 Å². The van der Waals surface area contributed by atoms with E-state index < -0.39 is 0 Å². The van der Waals surface area contributed by atoms with Gasteiger partial charge in [0.05, 0.1) is 5.92 Å². The van der Waals surface area contributed by atoms with Gasteiger partial charge in [0.2, 0.25) is 0 Å². The molecule has 2 aromatic rings. The molecule has 4 heteroatoms. The van der Waals surface area contributed by atoms with Crippen LogP contribution in [0.1, 0.15) is 74.6 Å². The lowest BCUT2D eigenvalue weighted by molar-refractivity contribution is -0.139. The summed E-state index contributed by atoms with van der Waals surface area (Å²) in [5.74, 6) is 1.40. The van der Waals surface area contributed by atoms with Crippen LogP contribution in [0.3, 0.4) is 0 Å². The maximum Gasteiger partial charge on any atom is 0.314 e. The molecule has 0 radical (unpaired) electrons. The minimum absolute atomic E-state index is 0.0547. The summed E-state index contributed by atoms with van der Waals surface area (Å²) in [7, 11) is 0. The smallest absolute Gasteiger partial charge is 0.314 e. The predicted octanol–water partition coefficient (Wildman–Crippen LogP) is 6.33. The standard InChI is InChI=1S/2C13H16O2/c14-13(11-7-3-1-4-8-11)15-12-9-5-2-6-10-12;14-12-8-6-11(7-9-12)13(15)10-4-2-1-3-5-10/h2,5-6,9-11H,1,3-4,7-8H2;6-10,14H,1-5H2. The summed E-state index contributed by atoms with van der Waals surface area (Å²) in [5.41, 5.74) is 0.736. The highest BCUT2D eigenvalue weighted by Crippen LogP contribution is 2.27. The first-order valence-electron chi connectivity index (χ1n) is 11.2. The van der Waals surface area contributed by atoms with Gasteiger partial charge in [0.1, 0.15) is 11.5 Å². The minimum atomic E-state index is -0.0547. The lowest BCUT2D eigenvalue weighted by Gasteiger charge is -2.20. The van der Waals surface area contributed by atoms with Gasteiger partial charge in [0, 0.05) is 11.5 Å². The van der Waals surface area contributed by atoms with Gasteiger partial charge in [-0.2, -0.15) is 0 Å². The first-order valence-corrected chi connectivity index (χ1v) is 11.2. The molecule has 4 rings (SSSR count). The maximum atomic E-state index is 12.0. The number of hydrogen-bond donors (Lipinski definition) is 1. The Morgan fingerprint density at radius 1 is 0.700 bits per heavy atom. The van der Waals surface area contributed by atoms with Gasteiger partial charge in [-0.3, -0.25) is 9.59 Å². The highest BCUT2D eigenvalue weighted by molar-refractivity contribution is 5.97. The van der Waals surface area contributed by atoms with E-state index in [-0.39, 0.29) is 29.3 Å².